The molecule has 1 rings (SSSR count). The molecular weight excluding hydrogens is 152 g/mol. The summed E-state index contributed by atoms with van der Waals surface area (Å²) in [4.78, 5) is 10.9. The van der Waals surface area contributed by atoms with Gasteiger partial charge in [0.1, 0.15) is 5.42 Å². The summed E-state index contributed by atoms with van der Waals surface area (Å²) in [6.07, 6.45) is 2.90. The van der Waals surface area contributed by atoms with Gasteiger partial charge in [-0.1, -0.05) is 19.6 Å². The van der Waals surface area contributed by atoms with E-state index in [2.05, 4.69) is 6.58 Å². The Balaban J connectivity index is 3.27. The number of rotatable bonds is 2. The lowest BCUT2D eigenvalue weighted by atomic mass is 10.3. The van der Waals surface area contributed by atoms with Crippen LogP contribution in [0.15, 0.2) is 10.5 Å². The molecule has 0 amide bonds. The Labute approximate surface area is 71.2 Å². The molecule has 12 heavy (non-hydrogen) atoms. The molecule has 1 heterocycles. The number of hydrogen-bond donors (Lipinski definition) is 0. The third-order valence-electron chi connectivity index (χ3n) is 1.61. The van der Waals surface area contributed by atoms with Crippen molar-refractivity contribution in [3.05, 3.63) is 22.5 Å². The van der Waals surface area contributed by atoms with E-state index in [-0.39, 0.29) is 5.78 Å². The van der Waals surface area contributed by atoms with Crippen LogP contribution in [0, 0.1) is 0 Å². The molecule has 0 aromatic carbocycles. The maximum atomic E-state index is 10.9. The highest BCUT2D eigenvalue weighted by atomic mass is 16.3. The smallest absolute Gasteiger partial charge is 0.194 e. The van der Waals surface area contributed by atoms with Gasteiger partial charge < -0.3 is 4.42 Å². The zero-order chi connectivity index (χ0) is 9.14. The number of hydrogen-bond acceptors (Lipinski definition) is 2. The normalized spacial score (nSPS) is 12.0. The van der Waals surface area contributed by atoms with Crippen LogP contribution in [0.2, 0.25) is 0 Å². The molecule has 0 spiro atoms. The number of furan rings is 1. The molecule has 0 saturated carbocycles. The fraction of sp³-hybridized carbons (Fsp3) is 0.300. The Hall–Kier alpha value is -1.31. The van der Waals surface area contributed by atoms with Crippen molar-refractivity contribution >= 4 is 18.4 Å². The average molecular weight is 164 g/mol. The van der Waals surface area contributed by atoms with E-state index < -0.39 is 0 Å². The van der Waals surface area contributed by atoms with Crippen LogP contribution >= 0.6 is 0 Å². The molecule has 64 valence electrons. The van der Waals surface area contributed by atoms with Crippen molar-refractivity contribution in [1.29, 1.82) is 0 Å². The highest BCUT2D eigenvalue weighted by molar-refractivity contribution is 5.91. The van der Waals surface area contributed by atoms with Gasteiger partial charge in [-0.3, -0.25) is 4.79 Å². The Bertz CT molecular complexity index is 384. The second-order valence-corrected chi connectivity index (χ2v) is 2.66. The molecule has 1 aromatic heterocycles. The topological polar surface area (TPSA) is 30.2 Å². The van der Waals surface area contributed by atoms with Crippen LogP contribution in [-0.2, 0) is 0 Å². The second kappa shape index (κ2) is 3.39. The summed E-state index contributed by atoms with van der Waals surface area (Å²) in [7, 11) is 0. The van der Waals surface area contributed by atoms with Crippen molar-refractivity contribution in [2.75, 3.05) is 0 Å². The lowest BCUT2D eigenvalue weighted by Gasteiger charge is -1.80. The van der Waals surface area contributed by atoms with Crippen molar-refractivity contribution < 1.29 is 9.21 Å². The first-order valence-electron chi connectivity index (χ1n) is 3.95. The van der Waals surface area contributed by atoms with E-state index in [1.807, 2.05) is 13.0 Å². The fourth-order valence-electron chi connectivity index (χ4n) is 1.01. The molecule has 0 fully saturated rings. The Morgan fingerprint density at radius 3 is 2.83 bits per heavy atom. The zero-order valence-electron chi connectivity index (χ0n) is 7.39. The van der Waals surface area contributed by atoms with Crippen LogP contribution in [0.5, 0.6) is 0 Å². The molecule has 0 saturated heterocycles. The molecule has 0 radical (unpaired) electrons. The van der Waals surface area contributed by atoms with E-state index in [0.717, 1.165) is 11.6 Å². The van der Waals surface area contributed by atoms with Gasteiger partial charge in [0, 0.05) is 12.1 Å². The summed E-state index contributed by atoms with van der Waals surface area (Å²) >= 11 is 0. The standard InChI is InChI=1S/C10H12O2/c1-4-5-9-6-10(7(2)11)12-8(9)3/h5-6H,3-4H2,1-2H3/b9-5-. The van der Waals surface area contributed by atoms with Crippen molar-refractivity contribution in [2.45, 2.75) is 20.3 Å². The monoisotopic (exact) mass is 164 g/mol. The third-order valence-corrected chi connectivity index (χ3v) is 1.61. The lowest BCUT2D eigenvalue weighted by molar-refractivity contribution is 0.0986. The summed E-state index contributed by atoms with van der Waals surface area (Å²) in [5, 5.41) is 0.919. The van der Waals surface area contributed by atoms with E-state index >= 15 is 0 Å². The SMILES string of the molecule is C=c1oc(C(C)=O)c/c1=C/CC. The van der Waals surface area contributed by atoms with E-state index in [4.69, 9.17) is 4.42 Å². The van der Waals surface area contributed by atoms with Gasteiger partial charge in [0.25, 0.3) is 0 Å². The summed E-state index contributed by atoms with van der Waals surface area (Å²) in [6, 6.07) is 1.73. The molecule has 2 nitrogen and oxygen atoms in total. The van der Waals surface area contributed by atoms with Crippen molar-refractivity contribution in [3.63, 3.8) is 0 Å². The number of carbonyl (C=O) groups is 1. The van der Waals surface area contributed by atoms with E-state index in [1.165, 1.54) is 6.92 Å². The van der Waals surface area contributed by atoms with Crippen molar-refractivity contribution in [1.82, 2.24) is 0 Å². The minimum absolute atomic E-state index is 0.0596. The van der Waals surface area contributed by atoms with Crippen LogP contribution in [0.3, 0.4) is 0 Å². The molecule has 0 atom stereocenters. The summed E-state index contributed by atoms with van der Waals surface area (Å²) in [5.74, 6) is 0.329. The Morgan fingerprint density at radius 2 is 2.42 bits per heavy atom. The third kappa shape index (κ3) is 1.64. The van der Waals surface area contributed by atoms with Crippen LogP contribution in [0.4, 0.5) is 0 Å². The molecule has 0 aliphatic rings. The van der Waals surface area contributed by atoms with E-state index in [9.17, 15) is 4.79 Å². The maximum absolute atomic E-state index is 10.9. The molecular formula is C10H12O2. The van der Waals surface area contributed by atoms with Gasteiger partial charge >= 0.3 is 0 Å². The first kappa shape index (κ1) is 8.78. The van der Waals surface area contributed by atoms with Gasteiger partial charge in [-0.05, 0) is 12.5 Å². The summed E-state index contributed by atoms with van der Waals surface area (Å²) in [6.45, 7) is 7.20. The summed E-state index contributed by atoms with van der Waals surface area (Å²) in [5.41, 5.74) is 0.571. The minimum atomic E-state index is -0.0596. The lowest BCUT2D eigenvalue weighted by Crippen LogP contribution is -2.16. The number of carbonyl (C=O) groups excluding carboxylic acids is 1. The minimum Gasteiger partial charge on any atom is -0.454 e. The van der Waals surface area contributed by atoms with Crippen LogP contribution in [0.25, 0.3) is 12.7 Å². The Kier molecular flexibility index (Phi) is 2.48. The van der Waals surface area contributed by atoms with Crippen molar-refractivity contribution in [3.8, 4) is 0 Å². The molecule has 2 heteroatoms. The second-order valence-electron chi connectivity index (χ2n) is 2.66. The fourth-order valence-corrected chi connectivity index (χ4v) is 1.01. The summed E-state index contributed by atoms with van der Waals surface area (Å²) < 4.78 is 5.14. The highest BCUT2D eigenvalue weighted by Crippen LogP contribution is 1.92. The van der Waals surface area contributed by atoms with Gasteiger partial charge in [-0.2, -0.15) is 0 Å². The highest BCUT2D eigenvalue weighted by Gasteiger charge is 2.02. The molecule has 1 aromatic rings. The maximum Gasteiger partial charge on any atom is 0.194 e. The van der Waals surface area contributed by atoms with E-state index in [1.54, 1.807) is 6.07 Å². The average Bonchev–Trinajstić information content (AvgIpc) is 2.34. The van der Waals surface area contributed by atoms with Crippen LogP contribution in [0.1, 0.15) is 30.8 Å². The van der Waals surface area contributed by atoms with Crippen LogP contribution < -0.4 is 10.6 Å². The number of ketones is 1. The molecule has 0 aliphatic carbocycles. The first-order chi connectivity index (χ1) is 5.65. The molecule has 0 unspecified atom stereocenters. The van der Waals surface area contributed by atoms with Gasteiger partial charge in [0.2, 0.25) is 0 Å². The first-order valence-corrected chi connectivity index (χ1v) is 3.95. The predicted molar refractivity (Wildman–Crippen MR) is 48.2 cm³/mol. The molecule has 0 N–H and O–H groups in total. The molecule has 0 aliphatic heterocycles. The largest absolute Gasteiger partial charge is 0.454 e. The zero-order valence-corrected chi connectivity index (χ0v) is 7.39. The van der Waals surface area contributed by atoms with Gasteiger partial charge in [0.15, 0.2) is 11.5 Å². The predicted octanol–water partition coefficient (Wildman–Crippen LogP) is 1.08. The number of Topliss-reactive ketones (excluding diaryl/α,β-unsaturated/α-hetero) is 1. The molecule has 0 bridgehead atoms. The Morgan fingerprint density at radius 1 is 1.75 bits per heavy atom. The van der Waals surface area contributed by atoms with E-state index in [0.29, 0.717) is 11.2 Å². The van der Waals surface area contributed by atoms with Gasteiger partial charge in [-0.15, -0.1) is 0 Å². The van der Waals surface area contributed by atoms with Gasteiger partial charge in [-0.25, -0.2) is 0 Å². The van der Waals surface area contributed by atoms with Gasteiger partial charge in [0.05, 0.1) is 0 Å². The van der Waals surface area contributed by atoms with Crippen molar-refractivity contribution in [2.24, 2.45) is 0 Å². The van der Waals surface area contributed by atoms with Crippen LogP contribution in [-0.4, -0.2) is 5.78 Å². The quantitative estimate of drug-likeness (QED) is 0.612.